The van der Waals surface area contributed by atoms with Gasteiger partial charge in [-0.15, -0.1) is 0 Å². The Morgan fingerprint density at radius 2 is 1.35 bits per heavy atom. The number of hydrogen-bond acceptors (Lipinski definition) is 5. The van der Waals surface area contributed by atoms with Crippen LogP contribution < -0.4 is 66.0 Å². The number of allylic oxidation sites excluding steroid dienone is 1. The number of ether oxygens (including phenoxy) is 2. The van der Waals surface area contributed by atoms with E-state index in [0.717, 1.165) is 22.6 Å². The van der Waals surface area contributed by atoms with Crippen LogP contribution in [-0.4, -0.2) is 36.0 Å². The smallest absolute Gasteiger partial charge is 0.859 e. The van der Waals surface area contributed by atoms with Gasteiger partial charge in [0.1, 0.15) is 17.5 Å². The molecule has 6 nitrogen and oxygen atoms in total. The number of amides is 1. The van der Waals surface area contributed by atoms with Crippen LogP contribution in [0.2, 0.25) is 0 Å². The van der Waals surface area contributed by atoms with E-state index in [0.29, 0.717) is 18.8 Å². The predicted molar refractivity (Wildman–Crippen MR) is 113 cm³/mol. The minimum Gasteiger partial charge on any atom is -0.859 e. The van der Waals surface area contributed by atoms with E-state index in [1.54, 1.807) is 30.9 Å². The summed E-state index contributed by atoms with van der Waals surface area (Å²) >= 11 is 0. The van der Waals surface area contributed by atoms with Gasteiger partial charge in [-0.25, -0.2) is 0 Å². The number of carbonyl (C=O) groups excluding carboxylic acids is 1. The SMILES string of the molecule is COc1ccc(CN2C(=O)[C@H](C(C)C)N(Cc3ccc(OC)cc3)C([O-])=C2C)cc1.[K+]. The van der Waals surface area contributed by atoms with Crippen LogP contribution in [-0.2, 0) is 17.9 Å². The molecule has 1 aliphatic rings. The van der Waals surface area contributed by atoms with Crippen molar-refractivity contribution in [3.05, 3.63) is 71.2 Å². The first-order valence-corrected chi connectivity index (χ1v) is 10.1. The van der Waals surface area contributed by atoms with E-state index in [4.69, 9.17) is 9.47 Å². The minimum atomic E-state index is -0.512. The van der Waals surface area contributed by atoms with Crippen LogP contribution in [0.5, 0.6) is 11.5 Å². The average molecular weight is 449 g/mol. The van der Waals surface area contributed by atoms with Crippen LogP contribution in [0.1, 0.15) is 31.9 Å². The van der Waals surface area contributed by atoms with Crippen LogP contribution in [0.4, 0.5) is 0 Å². The quantitative estimate of drug-likeness (QED) is 0.564. The maximum absolute atomic E-state index is 13.4. The molecule has 31 heavy (non-hydrogen) atoms. The van der Waals surface area contributed by atoms with Crippen molar-refractivity contribution in [1.29, 1.82) is 0 Å². The van der Waals surface area contributed by atoms with E-state index < -0.39 is 6.04 Å². The second kappa shape index (κ2) is 11.4. The number of rotatable bonds is 7. The Kier molecular flexibility index (Phi) is 9.45. The van der Waals surface area contributed by atoms with Crippen molar-refractivity contribution in [2.45, 2.75) is 39.9 Å². The van der Waals surface area contributed by atoms with Gasteiger partial charge in [0.05, 0.1) is 20.8 Å². The fourth-order valence-electron chi connectivity index (χ4n) is 3.76. The van der Waals surface area contributed by atoms with E-state index in [9.17, 15) is 9.90 Å². The van der Waals surface area contributed by atoms with Crippen LogP contribution in [0.25, 0.3) is 0 Å². The molecule has 0 bridgehead atoms. The number of nitrogens with zero attached hydrogens (tertiary/aromatic N) is 2. The fourth-order valence-corrected chi connectivity index (χ4v) is 3.76. The summed E-state index contributed by atoms with van der Waals surface area (Å²) in [6, 6.07) is 14.6. The standard InChI is InChI=1S/C24H30N2O4.K/c1-16(2)22-24(28)25(14-18-6-10-20(29-4)11-7-18)17(3)23(27)26(22)15-19-8-12-21(30-5)13-9-19;/h6-13,16,22,27H,14-15H2,1-5H3;/q;+1/p-1/t22-;/m0./s1. The van der Waals surface area contributed by atoms with Gasteiger partial charge in [-0.05, 0) is 54.1 Å². The summed E-state index contributed by atoms with van der Waals surface area (Å²) in [7, 11) is 3.23. The maximum Gasteiger partial charge on any atom is 1.00 e. The summed E-state index contributed by atoms with van der Waals surface area (Å²) in [4.78, 5) is 16.7. The zero-order valence-corrected chi connectivity index (χ0v) is 22.3. The molecule has 0 saturated heterocycles. The third kappa shape index (κ3) is 5.84. The molecule has 1 aliphatic heterocycles. The molecule has 2 aromatic carbocycles. The van der Waals surface area contributed by atoms with Crippen molar-refractivity contribution in [3.63, 3.8) is 0 Å². The zero-order chi connectivity index (χ0) is 21.8. The second-order valence-corrected chi connectivity index (χ2v) is 7.83. The zero-order valence-electron chi connectivity index (χ0n) is 19.2. The molecule has 0 fully saturated rings. The Morgan fingerprint density at radius 1 is 0.903 bits per heavy atom. The molecule has 2 aromatic rings. The monoisotopic (exact) mass is 448 g/mol. The fraction of sp³-hybridized carbons (Fsp3) is 0.375. The number of hydrogen-bond donors (Lipinski definition) is 0. The Morgan fingerprint density at radius 3 is 1.77 bits per heavy atom. The first kappa shape index (κ1) is 25.7. The van der Waals surface area contributed by atoms with Gasteiger partial charge in [-0.1, -0.05) is 38.1 Å². The summed E-state index contributed by atoms with van der Waals surface area (Å²) in [6.45, 7) is 6.42. The Labute approximate surface area is 227 Å². The van der Waals surface area contributed by atoms with Crippen LogP contribution in [0, 0.1) is 5.92 Å². The molecule has 0 N–H and O–H groups in total. The Hall–Kier alpha value is -1.51. The molecular formula is C24H29KN2O4. The molecule has 0 aromatic heterocycles. The van der Waals surface area contributed by atoms with Crippen LogP contribution in [0.3, 0.4) is 0 Å². The minimum absolute atomic E-state index is 0. The van der Waals surface area contributed by atoms with Crippen molar-refractivity contribution in [3.8, 4) is 11.5 Å². The Balaban J connectivity index is 0.00000341. The number of carbonyl (C=O) groups is 1. The molecular weight excluding hydrogens is 419 g/mol. The summed E-state index contributed by atoms with van der Waals surface area (Å²) < 4.78 is 10.4. The molecule has 7 heteroatoms. The van der Waals surface area contributed by atoms with E-state index in [1.807, 2.05) is 62.4 Å². The molecule has 0 spiro atoms. The third-order valence-electron chi connectivity index (χ3n) is 5.47. The summed E-state index contributed by atoms with van der Waals surface area (Å²) in [5.41, 5.74) is 2.35. The molecule has 3 rings (SSSR count). The normalized spacial score (nSPS) is 16.5. The summed E-state index contributed by atoms with van der Waals surface area (Å²) in [5, 5.41) is 13.3. The third-order valence-corrected chi connectivity index (χ3v) is 5.47. The summed E-state index contributed by atoms with van der Waals surface area (Å²) in [6.07, 6.45) is 0. The van der Waals surface area contributed by atoms with Crippen molar-refractivity contribution < 1.29 is 70.8 Å². The molecule has 160 valence electrons. The van der Waals surface area contributed by atoms with Crippen molar-refractivity contribution in [2.75, 3.05) is 14.2 Å². The topological polar surface area (TPSA) is 65.1 Å². The van der Waals surface area contributed by atoms with Gasteiger partial charge in [0.2, 0.25) is 5.91 Å². The van der Waals surface area contributed by atoms with Gasteiger partial charge < -0.3 is 24.4 Å². The van der Waals surface area contributed by atoms with E-state index >= 15 is 0 Å². The first-order valence-electron chi connectivity index (χ1n) is 10.1. The molecule has 1 amide bonds. The van der Waals surface area contributed by atoms with E-state index in [2.05, 4.69) is 0 Å². The largest absolute Gasteiger partial charge is 1.00 e. The summed E-state index contributed by atoms with van der Waals surface area (Å²) in [5.74, 6) is 1.34. The number of benzene rings is 2. The number of methoxy groups -OCH3 is 2. The Bertz CT molecular complexity index is 910. The first-order chi connectivity index (χ1) is 14.3. The second-order valence-electron chi connectivity index (χ2n) is 7.83. The molecule has 0 radical (unpaired) electrons. The van der Waals surface area contributed by atoms with Gasteiger partial charge in [0.15, 0.2) is 0 Å². The van der Waals surface area contributed by atoms with Gasteiger partial charge >= 0.3 is 51.4 Å². The average Bonchev–Trinajstić information content (AvgIpc) is 2.75. The molecule has 0 saturated carbocycles. The molecule has 0 aliphatic carbocycles. The molecule has 1 heterocycles. The molecule has 1 atom stereocenters. The van der Waals surface area contributed by atoms with E-state index in [1.165, 1.54) is 0 Å². The van der Waals surface area contributed by atoms with Gasteiger partial charge in [-0.3, -0.25) is 4.79 Å². The van der Waals surface area contributed by atoms with E-state index in [-0.39, 0.29) is 69.1 Å². The van der Waals surface area contributed by atoms with Crippen molar-refractivity contribution in [2.24, 2.45) is 5.92 Å². The van der Waals surface area contributed by atoms with Crippen LogP contribution in [0.15, 0.2) is 60.1 Å². The van der Waals surface area contributed by atoms with Crippen LogP contribution >= 0.6 is 0 Å². The van der Waals surface area contributed by atoms with Gasteiger partial charge in [0.25, 0.3) is 0 Å². The molecule has 0 unspecified atom stereocenters. The van der Waals surface area contributed by atoms with Gasteiger partial charge in [0, 0.05) is 12.2 Å². The van der Waals surface area contributed by atoms with Gasteiger partial charge in [-0.2, -0.15) is 0 Å². The van der Waals surface area contributed by atoms with Crippen molar-refractivity contribution >= 4 is 5.91 Å². The van der Waals surface area contributed by atoms with Crippen molar-refractivity contribution in [1.82, 2.24) is 9.80 Å². The maximum atomic E-state index is 13.4. The predicted octanol–water partition coefficient (Wildman–Crippen LogP) is 0.126.